The zero-order valence-corrected chi connectivity index (χ0v) is 21.7. The summed E-state index contributed by atoms with van der Waals surface area (Å²) < 4.78 is 5.51. The molecule has 0 bridgehead atoms. The van der Waals surface area contributed by atoms with Crippen LogP contribution < -0.4 is 5.32 Å². The van der Waals surface area contributed by atoms with Gasteiger partial charge in [-0.05, 0) is 76.0 Å². The van der Waals surface area contributed by atoms with E-state index in [9.17, 15) is 0 Å². The summed E-state index contributed by atoms with van der Waals surface area (Å²) in [6.45, 7) is 18.0. The molecule has 0 aromatic carbocycles. The van der Waals surface area contributed by atoms with Gasteiger partial charge in [-0.25, -0.2) is 0 Å². The molecule has 0 amide bonds. The summed E-state index contributed by atoms with van der Waals surface area (Å²) in [7, 11) is 0. The van der Waals surface area contributed by atoms with E-state index in [1.807, 2.05) is 12.1 Å². The van der Waals surface area contributed by atoms with Crippen LogP contribution in [0.2, 0.25) is 0 Å². The fourth-order valence-corrected chi connectivity index (χ4v) is 3.88. The Labute approximate surface area is 195 Å². The maximum absolute atomic E-state index is 7.17. The SMILES string of the molecule is CCC/C=C(\C)NC(=NCc1ccco1)C(=C(C)C)/C(Cl)=C(/CCC(C)C)C(C)CC. The molecule has 1 atom stereocenters. The molecule has 1 rings (SSSR count). The fraction of sp³-hybridized carbons (Fsp3) is 0.593. The van der Waals surface area contributed by atoms with E-state index in [-0.39, 0.29) is 0 Å². The number of amidine groups is 1. The van der Waals surface area contributed by atoms with Crippen molar-refractivity contribution in [1.29, 1.82) is 0 Å². The zero-order valence-electron chi connectivity index (χ0n) is 20.9. The summed E-state index contributed by atoms with van der Waals surface area (Å²) in [6, 6.07) is 3.85. The number of aliphatic imine (C=N–C) groups is 1. The summed E-state index contributed by atoms with van der Waals surface area (Å²) in [4.78, 5) is 4.91. The van der Waals surface area contributed by atoms with Gasteiger partial charge in [0.05, 0.1) is 17.8 Å². The van der Waals surface area contributed by atoms with Gasteiger partial charge >= 0.3 is 0 Å². The maximum Gasteiger partial charge on any atom is 0.134 e. The summed E-state index contributed by atoms with van der Waals surface area (Å²) in [5, 5.41) is 4.40. The van der Waals surface area contributed by atoms with Crippen molar-refractivity contribution in [2.24, 2.45) is 16.8 Å². The van der Waals surface area contributed by atoms with Crippen LogP contribution >= 0.6 is 11.6 Å². The average Bonchev–Trinajstić information content (AvgIpc) is 3.23. The number of allylic oxidation sites excluding steroid dienone is 4. The highest BCUT2D eigenvalue weighted by molar-refractivity contribution is 6.36. The molecule has 0 fully saturated rings. The van der Waals surface area contributed by atoms with Crippen molar-refractivity contribution in [3.05, 3.63) is 57.7 Å². The Balaban J connectivity index is 3.47. The molecular weight excluding hydrogens is 404 g/mol. The first-order valence-corrected chi connectivity index (χ1v) is 12.2. The molecule has 0 radical (unpaired) electrons. The first-order chi connectivity index (χ1) is 14.7. The molecule has 0 spiro atoms. The van der Waals surface area contributed by atoms with Crippen LogP contribution in [0.3, 0.4) is 0 Å². The van der Waals surface area contributed by atoms with E-state index in [1.165, 1.54) is 5.57 Å². The molecule has 1 heterocycles. The molecule has 0 saturated heterocycles. The number of halogens is 1. The molecular formula is C27H43ClN2O. The Bertz CT molecular complexity index is 778. The van der Waals surface area contributed by atoms with Gasteiger partial charge in [0, 0.05) is 11.3 Å². The number of hydrogen-bond acceptors (Lipinski definition) is 2. The predicted octanol–water partition coefficient (Wildman–Crippen LogP) is 8.78. The molecule has 1 unspecified atom stereocenters. The lowest BCUT2D eigenvalue weighted by Gasteiger charge is -2.22. The van der Waals surface area contributed by atoms with Gasteiger partial charge in [-0.2, -0.15) is 0 Å². The van der Waals surface area contributed by atoms with Crippen LogP contribution in [-0.4, -0.2) is 5.84 Å². The fourth-order valence-electron chi connectivity index (χ4n) is 3.32. The summed E-state index contributed by atoms with van der Waals surface area (Å²) in [5.41, 5.74) is 4.59. The lowest BCUT2D eigenvalue weighted by molar-refractivity contribution is 0.512. The highest BCUT2D eigenvalue weighted by Gasteiger charge is 2.20. The van der Waals surface area contributed by atoms with Crippen molar-refractivity contribution in [3.8, 4) is 0 Å². The second-order valence-electron chi connectivity index (χ2n) is 9.00. The van der Waals surface area contributed by atoms with Gasteiger partial charge in [0.15, 0.2) is 0 Å². The quantitative estimate of drug-likeness (QED) is 0.198. The zero-order chi connectivity index (χ0) is 23.4. The van der Waals surface area contributed by atoms with Crippen molar-refractivity contribution in [1.82, 2.24) is 5.32 Å². The molecule has 1 N–H and O–H groups in total. The standard InChI is InChI=1S/C27H43ClN2O/c1-9-11-13-22(8)30-27(29-18-23-14-12-17-31-23)25(20(5)6)26(28)24(21(7)10-2)16-15-19(3)4/h12-14,17,19,21H,9-11,15-16,18H2,1-8H3,(H,29,30)/b22-13+,26-24+. The summed E-state index contributed by atoms with van der Waals surface area (Å²) in [5.74, 6) is 2.73. The first kappa shape index (κ1) is 27.3. The van der Waals surface area contributed by atoms with Gasteiger partial charge < -0.3 is 9.73 Å². The van der Waals surface area contributed by atoms with E-state index in [0.29, 0.717) is 18.4 Å². The smallest absolute Gasteiger partial charge is 0.134 e. The van der Waals surface area contributed by atoms with E-state index in [1.54, 1.807) is 6.26 Å². The van der Waals surface area contributed by atoms with Gasteiger partial charge in [-0.1, -0.05) is 64.3 Å². The van der Waals surface area contributed by atoms with Crippen LogP contribution in [0, 0.1) is 11.8 Å². The van der Waals surface area contributed by atoms with Crippen LogP contribution in [0.25, 0.3) is 0 Å². The lowest BCUT2D eigenvalue weighted by Crippen LogP contribution is -2.26. The molecule has 0 aliphatic carbocycles. The van der Waals surface area contributed by atoms with Gasteiger partial charge in [-0.3, -0.25) is 4.99 Å². The van der Waals surface area contributed by atoms with E-state index >= 15 is 0 Å². The average molecular weight is 447 g/mol. The Morgan fingerprint density at radius 2 is 1.90 bits per heavy atom. The first-order valence-electron chi connectivity index (χ1n) is 11.8. The third kappa shape index (κ3) is 9.51. The van der Waals surface area contributed by atoms with Gasteiger partial charge in [0.2, 0.25) is 0 Å². The van der Waals surface area contributed by atoms with Crippen LogP contribution in [0.1, 0.15) is 93.3 Å². The number of nitrogens with one attached hydrogen (secondary N) is 1. The summed E-state index contributed by atoms with van der Waals surface area (Å²) in [6.07, 6.45) is 9.27. The molecule has 1 aromatic rings. The lowest BCUT2D eigenvalue weighted by atomic mass is 9.89. The normalized spacial score (nSPS) is 14.5. The van der Waals surface area contributed by atoms with Crippen molar-refractivity contribution < 1.29 is 4.42 Å². The van der Waals surface area contributed by atoms with E-state index in [4.69, 9.17) is 21.0 Å². The molecule has 0 aliphatic rings. The number of rotatable bonds is 12. The minimum Gasteiger partial charge on any atom is -0.467 e. The Kier molecular flexibility index (Phi) is 12.6. The van der Waals surface area contributed by atoms with E-state index in [0.717, 1.165) is 65.6 Å². The van der Waals surface area contributed by atoms with E-state index in [2.05, 4.69) is 66.8 Å². The molecule has 1 aromatic heterocycles. The summed E-state index contributed by atoms with van der Waals surface area (Å²) >= 11 is 7.17. The maximum atomic E-state index is 7.17. The Hall–Kier alpha value is -1.74. The second-order valence-corrected chi connectivity index (χ2v) is 9.38. The van der Waals surface area contributed by atoms with Crippen molar-refractivity contribution in [3.63, 3.8) is 0 Å². The van der Waals surface area contributed by atoms with E-state index < -0.39 is 0 Å². The number of furan rings is 1. The van der Waals surface area contributed by atoms with Crippen LogP contribution in [-0.2, 0) is 6.54 Å². The third-order valence-corrected chi connectivity index (χ3v) is 5.90. The number of nitrogens with zero attached hydrogens (tertiary/aromatic N) is 1. The van der Waals surface area contributed by atoms with Gasteiger partial charge in [0.25, 0.3) is 0 Å². The Morgan fingerprint density at radius 3 is 2.42 bits per heavy atom. The van der Waals surface area contributed by atoms with Crippen molar-refractivity contribution in [2.75, 3.05) is 0 Å². The van der Waals surface area contributed by atoms with Crippen molar-refractivity contribution >= 4 is 17.4 Å². The second kappa shape index (κ2) is 14.3. The minimum atomic E-state index is 0.434. The molecule has 3 nitrogen and oxygen atoms in total. The highest BCUT2D eigenvalue weighted by atomic mass is 35.5. The molecule has 31 heavy (non-hydrogen) atoms. The minimum absolute atomic E-state index is 0.434. The third-order valence-electron chi connectivity index (χ3n) is 5.46. The topological polar surface area (TPSA) is 37.5 Å². The highest BCUT2D eigenvalue weighted by Crippen LogP contribution is 2.33. The predicted molar refractivity (Wildman–Crippen MR) is 136 cm³/mol. The Morgan fingerprint density at radius 1 is 1.19 bits per heavy atom. The number of unbranched alkanes of at least 4 members (excludes halogenated alkanes) is 1. The van der Waals surface area contributed by atoms with Gasteiger partial charge in [0.1, 0.15) is 11.6 Å². The molecule has 0 saturated carbocycles. The monoisotopic (exact) mass is 446 g/mol. The molecule has 174 valence electrons. The van der Waals surface area contributed by atoms with Crippen LogP contribution in [0.15, 0.2) is 61.3 Å². The molecule has 4 heteroatoms. The largest absolute Gasteiger partial charge is 0.467 e. The van der Waals surface area contributed by atoms with Crippen LogP contribution in [0.5, 0.6) is 0 Å². The van der Waals surface area contributed by atoms with Gasteiger partial charge in [-0.15, -0.1) is 0 Å². The molecule has 0 aliphatic heterocycles. The van der Waals surface area contributed by atoms with Crippen molar-refractivity contribution in [2.45, 2.75) is 94.0 Å². The number of hydrogen-bond donors (Lipinski definition) is 1. The van der Waals surface area contributed by atoms with Crippen LogP contribution in [0.4, 0.5) is 0 Å².